The van der Waals surface area contributed by atoms with Crippen molar-refractivity contribution in [3.8, 4) is 5.75 Å². The average Bonchev–Trinajstić information content (AvgIpc) is 2.44. The number of rotatable bonds is 5. The Morgan fingerprint density at radius 3 is 2.95 bits per heavy atom. The number of hydrogen-bond donors (Lipinski definition) is 1. The van der Waals surface area contributed by atoms with Gasteiger partial charge in [-0.25, -0.2) is 0 Å². The van der Waals surface area contributed by atoms with E-state index in [0.717, 1.165) is 25.4 Å². The molecule has 20 heavy (non-hydrogen) atoms. The third-order valence-electron chi connectivity index (χ3n) is 3.97. The minimum atomic E-state index is 0.562. The van der Waals surface area contributed by atoms with Gasteiger partial charge in [-0.1, -0.05) is 29.3 Å². The van der Waals surface area contributed by atoms with Crippen molar-refractivity contribution in [1.29, 1.82) is 0 Å². The average molecular weight is 341 g/mol. The molecule has 4 heteroatoms. The molecule has 1 aromatic rings. The molecule has 0 aliphatic carbocycles. The first-order valence-corrected chi connectivity index (χ1v) is 8.23. The second kappa shape index (κ2) is 7.43. The molecule has 1 saturated heterocycles. The molecule has 1 aliphatic heterocycles. The molecule has 0 amide bonds. The van der Waals surface area contributed by atoms with Gasteiger partial charge in [0, 0.05) is 36.2 Å². The molecule has 1 aliphatic rings. The highest BCUT2D eigenvalue weighted by molar-refractivity contribution is 9.10. The van der Waals surface area contributed by atoms with Crippen LogP contribution in [0.3, 0.4) is 0 Å². The molecule has 0 aromatic heterocycles. The largest absolute Gasteiger partial charge is 0.497 e. The van der Waals surface area contributed by atoms with E-state index in [9.17, 15) is 0 Å². The van der Waals surface area contributed by atoms with Crippen molar-refractivity contribution in [1.82, 2.24) is 10.2 Å². The van der Waals surface area contributed by atoms with Crippen LogP contribution in [0.15, 0.2) is 22.7 Å². The van der Waals surface area contributed by atoms with E-state index in [0.29, 0.717) is 12.1 Å². The number of piperazine rings is 1. The Morgan fingerprint density at radius 1 is 1.45 bits per heavy atom. The monoisotopic (exact) mass is 340 g/mol. The lowest BCUT2D eigenvalue weighted by Gasteiger charge is -2.39. The number of methoxy groups -OCH3 is 1. The van der Waals surface area contributed by atoms with Crippen molar-refractivity contribution < 1.29 is 4.74 Å². The fraction of sp³-hybridized carbons (Fsp3) is 0.625. The summed E-state index contributed by atoms with van der Waals surface area (Å²) in [6.45, 7) is 7.70. The van der Waals surface area contributed by atoms with Crippen LogP contribution in [-0.2, 0) is 6.54 Å². The Kier molecular flexibility index (Phi) is 5.87. The van der Waals surface area contributed by atoms with Gasteiger partial charge in [-0.15, -0.1) is 0 Å². The van der Waals surface area contributed by atoms with Crippen molar-refractivity contribution in [3.63, 3.8) is 0 Å². The molecule has 2 atom stereocenters. The van der Waals surface area contributed by atoms with Gasteiger partial charge < -0.3 is 10.1 Å². The number of nitrogens with zero attached hydrogens (tertiary/aromatic N) is 1. The number of halogens is 1. The zero-order valence-corrected chi connectivity index (χ0v) is 14.2. The summed E-state index contributed by atoms with van der Waals surface area (Å²) < 4.78 is 6.51. The van der Waals surface area contributed by atoms with Gasteiger partial charge in [0.05, 0.1) is 7.11 Å². The molecule has 2 rings (SSSR count). The lowest BCUT2D eigenvalue weighted by molar-refractivity contribution is 0.120. The van der Waals surface area contributed by atoms with Crippen LogP contribution in [0.2, 0.25) is 0 Å². The van der Waals surface area contributed by atoms with Gasteiger partial charge in [-0.3, -0.25) is 4.90 Å². The predicted molar refractivity (Wildman–Crippen MR) is 87.3 cm³/mol. The minimum absolute atomic E-state index is 0.562. The number of ether oxygens (including phenoxy) is 1. The first kappa shape index (κ1) is 15.8. The summed E-state index contributed by atoms with van der Waals surface area (Å²) >= 11 is 3.66. The standard InChI is InChI=1S/C16H25BrN2O/c1-4-5-14-9-18-12(2)10-19(14)11-13-8-15(20-3)6-7-16(13)17/h6-8,12,14,18H,4-5,9-11H2,1-3H3. The second-order valence-electron chi connectivity index (χ2n) is 5.64. The lowest BCUT2D eigenvalue weighted by Crippen LogP contribution is -2.54. The van der Waals surface area contributed by atoms with Crippen LogP contribution in [0.25, 0.3) is 0 Å². The van der Waals surface area contributed by atoms with E-state index in [1.807, 2.05) is 6.07 Å². The van der Waals surface area contributed by atoms with Crippen LogP contribution in [0, 0.1) is 0 Å². The summed E-state index contributed by atoms with van der Waals surface area (Å²) in [7, 11) is 1.72. The third kappa shape index (κ3) is 3.96. The topological polar surface area (TPSA) is 24.5 Å². The molecule has 3 nitrogen and oxygen atoms in total. The fourth-order valence-electron chi connectivity index (χ4n) is 2.86. The zero-order chi connectivity index (χ0) is 14.5. The highest BCUT2D eigenvalue weighted by atomic mass is 79.9. The van der Waals surface area contributed by atoms with Crippen LogP contribution >= 0.6 is 15.9 Å². The smallest absolute Gasteiger partial charge is 0.119 e. The fourth-order valence-corrected chi connectivity index (χ4v) is 3.23. The number of nitrogens with one attached hydrogen (secondary N) is 1. The van der Waals surface area contributed by atoms with Gasteiger partial charge in [0.2, 0.25) is 0 Å². The van der Waals surface area contributed by atoms with Crippen LogP contribution in [-0.4, -0.2) is 37.2 Å². The molecule has 0 radical (unpaired) electrons. The van der Waals surface area contributed by atoms with Crippen LogP contribution in [0.4, 0.5) is 0 Å². The highest BCUT2D eigenvalue weighted by Gasteiger charge is 2.25. The van der Waals surface area contributed by atoms with Gasteiger partial charge in [0.15, 0.2) is 0 Å². The van der Waals surface area contributed by atoms with Crippen molar-refractivity contribution in [2.24, 2.45) is 0 Å². The summed E-state index contributed by atoms with van der Waals surface area (Å²) in [5.41, 5.74) is 1.31. The van der Waals surface area contributed by atoms with Gasteiger partial charge in [-0.2, -0.15) is 0 Å². The molecule has 0 spiro atoms. The maximum atomic E-state index is 5.34. The minimum Gasteiger partial charge on any atom is -0.497 e. The lowest BCUT2D eigenvalue weighted by atomic mass is 10.0. The maximum Gasteiger partial charge on any atom is 0.119 e. The summed E-state index contributed by atoms with van der Waals surface area (Å²) in [6.07, 6.45) is 2.48. The maximum absolute atomic E-state index is 5.34. The molecular formula is C16H25BrN2O. The van der Waals surface area contributed by atoms with Gasteiger partial charge in [0.1, 0.15) is 5.75 Å². The normalized spacial score (nSPS) is 23.8. The molecule has 0 bridgehead atoms. The number of hydrogen-bond acceptors (Lipinski definition) is 3. The molecule has 1 fully saturated rings. The van der Waals surface area contributed by atoms with Crippen LogP contribution in [0.5, 0.6) is 5.75 Å². The summed E-state index contributed by atoms with van der Waals surface area (Å²) in [4.78, 5) is 2.60. The quantitative estimate of drug-likeness (QED) is 0.888. The summed E-state index contributed by atoms with van der Waals surface area (Å²) in [5, 5.41) is 3.59. The predicted octanol–water partition coefficient (Wildman–Crippen LogP) is 3.42. The molecular weight excluding hydrogens is 316 g/mol. The van der Waals surface area contributed by atoms with Gasteiger partial charge in [0.25, 0.3) is 0 Å². The zero-order valence-electron chi connectivity index (χ0n) is 12.7. The molecule has 1 aromatic carbocycles. The van der Waals surface area contributed by atoms with E-state index in [1.54, 1.807) is 7.11 Å². The van der Waals surface area contributed by atoms with Crippen molar-refractivity contribution >= 4 is 15.9 Å². The molecule has 112 valence electrons. The van der Waals surface area contributed by atoms with Crippen LogP contribution in [0.1, 0.15) is 32.3 Å². The summed E-state index contributed by atoms with van der Waals surface area (Å²) in [6, 6.07) is 7.41. The Bertz CT molecular complexity index is 438. The first-order chi connectivity index (χ1) is 9.63. The van der Waals surface area contributed by atoms with E-state index in [2.05, 4.69) is 52.1 Å². The van der Waals surface area contributed by atoms with Crippen molar-refractivity contribution in [2.45, 2.75) is 45.3 Å². The van der Waals surface area contributed by atoms with E-state index in [4.69, 9.17) is 4.74 Å². The Labute approximate surface area is 130 Å². The van der Waals surface area contributed by atoms with E-state index < -0.39 is 0 Å². The Morgan fingerprint density at radius 2 is 2.25 bits per heavy atom. The first-order valence-electron chi connectivity index (χ1n) is 7.44. The summed E-state index contributed by atoms with van der Waals surface area (Å²) in [5.74, 6) is 0.929. The Balaban J connectivity index is 2.12. The van der Waals surface area contributed by atoms with Gasteiger partial charge >= 0.3 is 0 Å². The van der Waals surface area contributed by atoms with E-state index in [1.165, 1.54) is 22.9 Å². The van der Waals surface area contributed by atoms with Crippen molar-refractivity contribution in [2.75, 3.05) is 20.2 Å². The SMILES string of the molecule is CCCC1CNC(C)CN1Cc1cc(OC)ccc1Br. The molecule has 1 N–H and O–H groups in total. The van der Waals surface area contributed by atoms with Crippen LogP contribution < -0.4 is 10.1 Å². The van der Waals surface area contributed by atoms with Gasteiger partial charge in [-0.05, 0) is 37.1 Å². The number of benzene rings is 1. The van der Waals surface area contributed by atoms with Crippen molar-refractivity contribution in [3.05, 3.63) is 28.2 Å². The Hall–Kier alpha value is -0.580. The molecule has 0 saturated carbocycles. The molecule has 1 heterocycles. The van der Waals surface area contributed by atoms with E-state index in [-0.39, 0.29) is 0 Å². The third-order valence-corrected chi connectivity index (χ3v) is 4.75. The highest BCUT2D eigenvalue weighted by Crippen LogP contribution is 2.25. The second-order valence-corrected chi connectivity index (χ2v) is 6.49. The van der Waals surface area contributed by atoms with E-state index >= 15 is 0 Å². The molecule has 2 unspecified atom stereocenters.